The number of carbonyl (C=O) groups is 1. The zero-order chi connectivity index (χ0) is 17.1. The quantitative estimate of drug-likeness (QED) is 0.903. The largest absolute Gasteiger partial charge is 0.497 e. The van der Waals surface area contributed by atoms with Crippen molar-refractivity contribution in [3.8, 4) is 5.75 Å². The molecule has 2 aromatic rings. The summed E-state index contributed by atoms with van der Waals surface area (Å²) in [5, 5.41) is 4.11. The number of rotatable bonds is 5. The summed E-state index contributed by atoms with van der Waals surface area (Å²) in [6.45, 7) is 5.82. The molecule has 1 aromatic carbocycles. The number of ether oxygens (including phenoxy) is 1. The van der Waals surface area contributed by atoms with Gasteiger partial charge in [-0.1, -0.05) is 0 Å². The zero-order valence-corrected chi connectivity index (χ0v) is 15.2. The van der Waals surface area contributed by atoms with E-state index in [1.54, 1.807) is 18.4 Å². The Hall–Kier alpha value is -1.92. The fraction of sp³-hybridized carbons (Fsp3) is 0.444. The van der Waals surface area contributed by atoms with Crippen molar-refractivity contribution in [1.82, 2.24) is 9.88 Å². The number of aryl methyl sites for hydroxylation is 2. The first-order valence-corrected chi connectivity index (χ1v) is 9.00. The third-order valence-corrected chi connectivity index (χ3v) is 5.49. The van der Waals surface area contributed by atoms with Crippen molar-refractivity contribution in [2.75, 3.05) is 19.0 Å². The van der Waals surface area contributed by atoms with Gasteiger partial charge in [-0.25, -0.2) is 4.98 Å². The van der Waals surface area contributed by atoms with Crippen LogP contribution in [0.25, 0.3) is 0 Å². The number of amides is 1. The lowest BCUT2D eigenvalue weighted by Gasteiger charge is -2.22. The van der Waals surface area contributed by atoms with Crippen molar-refractivity contribution in [2.45, 2.75) is 39.3 Å². The van der Waals surface area contributed by atoms with Crippen LogP contribution in [0, 0.1) is 13.8 Å². The maximum absolute atomic E-state index is 12.6. The second-order valence-corrected chi connectivity index (χ2v) is 7.38. The Labute approximate surface area is 146 Å². The highest BCUT2D eigenvalue weighted by Gasteiger charge is 2.31. The van der Waals surface area contributed by atoms with E-state index in [4.69, 9.17) is 4.74 Å². The van der Waals surface area contributed by atoms with Gasteiger partial charge in [0.15, 0.2) is 0 Å². The minimum atomic E-state index is -0.0865. The summed E-state index contributed by atoms with van der Waals surface area (Å²) in [6.07, 6.45) is 1.94. The van der Waals surface area contributed by atoms with Gasteiger partial charge in [0.1, 0.15) is 10.8 Å². The number of hydrogen-bond acceptors (Lipinski definition) is 5. The summed E-state index contributed by atoms with van der Waals surface area (Å²) in [5.41, 5.74) is 1.89. The Morgan fingerprint density at radius 3 is 2.75 bits per heavy atom. The molecule has 24 heavy (non-hydrogen) atoms. The SMILES string of the molecule is COc1ccc(NC(=O)[C@H]2CCCN2Cc2nc(C)c(C)s2)cc1. The maximum atomic E-state index is 12.6. The molecule has 0 unspecified atom stereocenters. The van der Waals surface area contributed by atoms with Crippen LogP contribution in [0.3, 0.4) is 0 Å². The lowest BCUT2D eigenvalue weighted by atomic mass is 10.2. The van der Waals surface area contributed by atoms with Crippen LogP contribution >= 0.6 is 11.3 Å². The predicted molar refractivity (Wildman–Crippen MR) is 96.6 cm³/mol. The Bertz CT molecular complexity index is 692. The van der Waals surface area contributed by atoms with Gasteiger partial charge < -0.3 is 10.1 Å². The average Bonchev–Trinajstić information content (AvgIpc) is 3.15. The van der Waals surface area contributed by atoms with Gasteiger partial charge in [0, 0.05) is 10.6 Å². The fourth-order valence-corrected chi connectivity index (χ4v) is 3.95. The Balaban J connectivity index is 1.64. The number of carbonyl (C=O) groups excluding carboxylic acids is 1. The maximum Gasteiger partial charge on any atom is 0.241 e. The average molecular weight is 345 g/mol. The second-order valence-electron chi connectivity index (χ2n) is 6.10. The van der Waals surface area contributed by atoms with E-state index in [0.29, 0.717) is 0 Å². The molecule has 2 heterocycles. The van der Waals surface area contributed by atoms with Crippen molar-refractivity contribution < 1.29 is 9.53 Å². The molecule has 1 atom stereocenters. The number of likely N-dealkylation sites (tertiary alicyclic amines) is 1. The second kappa shape index (κ2) is 7.32. The van der Waals surface area contributed by atoms with E-state index in [0.717, 1.165) is 48.1 Å². The van der Waals surface area contributed by atoms with E-state index < -0.39 is 0 Å². The number of methoxy groups -OCH3 is 1. The number of aromatic nitrogens is 1. The van der Waals surface area contributed by atoms with Gasteiger partial charge in [-0.2, -0.15) is 0 Å². The molecule has 0 bridgehead atoms. The lowest BCUT2D eigenvalue weighted by molar-refractivity contribution is -0.120. The topological polar surface area (TPSA) is 54.5 Å². The van der Waals surface area contributed by atoms with Gasteiger partial charge in [0.05, 0.1) is 25.4 Å². The van der Waals surface area contributed by atoms with Gasteiger partial charge in [-0.05, 0) is 57.5 Å². The van der Waals surface area contributed by atoms with E-state index in [1.165, 1.54) is 4.88 Å². The molecule has 1 saturated heterocycles. The number of nitrogens with one attached hydrogen (secondary N) is 1. The number of benzene rings is 1. The summed E-state index contributed by atoms with van der Waals surface area (Å²) in [6, 6.07) is 7.34. The molecule has 3 rings (SSSR count). The molecule has 0 spiro atoms. The molecule has 1 aromatic heterocycles. The molecule has 0 saturated carbocycles. The number of nitrogens with zero attached hydrogens (tertiary/aromatic N) is 2. The number of anilines is 1. The van der Waals surface area contributed by atoms with Gasteiger partial charge in [-0.15, -0.1) is 11.3 Å². The van der Waals surface area contributed by atoms with Crippen LogP contribution in [0.1, 0.15) is 28.4 Å². The first kappa shape index (κ1) is 16.9. The fourth-order valence-electron chi connectivity index (χ4n) is 2.99. The Morgan fingerprint density at radius 2 is 2.12 bits per heavy atom. The molecule has 0 aliphatic carbocycles. The third kappa shape index (κ3) is 3.76. The van der Waals surface area contributed by atoms with Crippen LogP contribution < -0.4 is 10.1 Å². The number of thiazole rings is 1. The van der Waals surface area contributed by atoms with E-state index >= 15 is 0 Å². The van der Waals surface area contributed by atoms with Crippen LogP contribution in [0.4, 0.5) is 5.69 Å². The van der Waals surface area contributed by atoms with Crippen LogP contribution in [0.2, 0.25) is 0 Å². The molecule has 1 fully saturated rings. The van der Waals surface area contributed by atoms with Gasteiger partial charge in [-0.3, -0.25) is 9.69 Å². The molecule has 1 aliphatic heterocycles. The summed E-state index contributed by atoms with van der Waals surface area (Å²) in [5.74, 6) is 0.840. The van der Waals surface area contributed by atoms with Crippen LogP contribution in [0.5, 0.6) is 5.75 Å². The predicted octanol–water partition coefficient (Wildman–Crippen LogP) is 3.37. The first-order chi connectivity index (χ1) is 11.6. The molecule has 1 amide bonds. The molecule has 128 valence electrons. The van der Waals surface area contributed by atoms with Crippen LogP contribution in [-0.2, 0) is 11.3 Å². The van der Waals surface area contributed by atoms with Crippen LogP contribution in [0.15, 0.2) is 24.3 Å². The van der Waals surface area contributed by atoms with Gasteiger partial charge in [0.2, 0.25) is 5.91 Å². The van der Waals surface area contributed by atoms with Crippen molar-refractivity contribution >= 4 is 22.9 Å². The first-order valence-electron chi connectivity index (χ1n) is 8.18. The zero-order valence-electron chi connectivity index (χ0n) is 14.3. The molecule has 5 nitrogen and oxygen atoms in total. The highest BCUT2D eigenvalue weighted by molar-refractivity contribution is 7.11. The highest BCUT2D eigenvalue weighted by Crippen LogP contribution is 2.25. The molecular weight excluding hydrogens is 322 g/mol. The van der Waals surface area contributed by atoms with E-state index in [2.05, 4.69) is 22.1 Å². The number of hydrogen-bond donors (Lipinski definition) is 1. The summed E-state index contributed by atoms with van der Waals surface area (Å²) < 4.78 is 5.14. The van der Waals surface area contributed by atoms with Gasteiger partial charge >= 0.3 is 0 Å². The van der Waals surface area contributed by atoms with Crippen molar-refractivity contribution in [2.24, 2.45) is 0 Å². The molecule has 6 heteroatoms. The minimum absolute atomic E-state index is 0.0580. The highest BCUT2D eigenvalue weighted by atomic mass is 32.1. The minimum Gasteiger partial charge on any atom is -0.497 e. The van der Waals surface area contributed by atoms with E-state index in [1.807, 2.05) is 31.2 Å². The third-order valence-electron chi connectivity index (χ3n) is 4.44. The summed E-state index contributed by atoms with van der Waals surface area (Å²) in [7, 11) is 1.63. The van der Waals surface area contributed by atoms with Gasteiger partial charge in [0.25, 0.3) is 0 Å². The molecule has 0 radical (unpaired) electrons. The molecule has 1 aliphatic rings. The van der Waals surface area contributed by atoms with Crippen molar-refractivity contribution in [3.63, 3.8) is 0 Å². The lowest BCUT2D eigenvalue weighted by Crippen LogP contribution is -2.39. The Kier molecular flexibility index (Phi) is 5.16. The van der Waals surface area contributed by atoms with Crippen molar-refractivity contribution in [1.29, 1.82) is 0 Å². The normalized spacial score (nSPS) is 17.9. The summed E-state index contributed by atoms with van der Waals surface area (Å²) >= 11 is 1.72. The molecule has 1 N–H and O–H groups in total. The smallest absolute Gasteiger partial charge is 0.241 e. The molecular formula is C18H23N3O2S. The standard InChI is InChI=1S/C18H23N3O2S/c1-12-13(2)24-17(19-12)11-21-10-4-5-16(21)18(22)20-14-6-8-15(23-3)9-7-14/h6-9,16H,4-5,10-11H2,1-3H3,(H,20,22)/t16-/m1/s1. The van der Waals surface area contributed by atoms with E-state index in [9.17, 15) is 4.79 Å². The monoisotopic (exact) mass is 345 g/mol. The van der Waals surface area contributed by atoms with Crippen molar-refractivity contribution in [3.05, 3.63) is 39.8 Å². The summed E-state index contributed by atoms with van der Waals surface area (Å²) in [4.78, 5) is 20.7. The van der Waals surface area contributed by atoms with E-state index in [-0.39, 0.29) is 11.9 Å². The Morgan fingerprint density at radius 1 is 1.38 bits per heavy atom. The van der Waals surface area contributed by atoms with Crippen LogP contribution in [-0.4, -0.2) is 35.5 Å².